The first-order chi connectivity index (χ1) is 16.5. The topological polar surface area (TPSA) is 76.3 Å². The van der Waals surface area contributed by atoms with E-state index in [2.05, 4.69) is 26.1 Å². The van der Waals surface area contributed by atoms with Gasteiger partial charge in [-0.1, -0.05) is 18.1 Å². The molecule has 4 atom stereocenters. The van der Waals surface area contributed by atoms with Gasteiger partial charge < -0.3 is 4.90 Å². The number of hydrogen-bond acceptors (Lipinski definition) is 5. The average Bonchev–Trinajstić information content (AvgIpc) is 3.18. The number of carbonyl (C=O) groups excluding carboxylic acids is 1. The highest BCUT2D eigenvalue weighted by Gasteiger charge is 2.46. The number of rotatable bonds is 3. The second-order valence-corrected chi connectivity index (χ2v) is 10.6. The summed E-state index contributed by atoms with van der Waals surface area (Å²) in [5.41, 5.74) is 3.03. The molecule has 0 unspecified atom stereocenters. The monoisotopic (exact) mass is 462 g/mol. The van der Waals surface area contributed by atoms with Gasteiger partial charge in [-0.2, -0.15) is 5.10 Å². The van der Waals surface area contributed by atoms with E-state index < -0.39 is 0 Å². The van der Waals surface area contributed by atoms with Gasteiger partial charge in [-0.05, 0) is 76.5 Å². The molecule has 1 aliphatic carbocycles. The Bertz CT molecular complexity index is 1200. The minimum Gasteiger partial charge on any atom is -0.334 e. The van der Waals surface area contributed by atoms with E-state index in [-0.39, 0.29) is 24.1 Å². The Kier molecular flexibility index (Phi) is 5.43. The first kappa shape index (κ1) is 21.8. The normalized spacial score (nSPS) is 28.8. The summed E-state index contributed by atoms with van der Waals surface area (Å²) in [6, 6.07) is 6.00. The molecule has 4 aliphatic rings. The number of aromatic nitrogens is 4. The van der Waals surface area contributed by atoms with Gasteiger partial charge in [-0.3, -0.25) is 14.5 Å². The lowest BCUT2D eigenvalue weighted by molar-refractivity contribution is -0.137. The van der Waals surface area contributed by atoms with Crippen molar-refractivity contribution in [3.63, 3.8) is 0 Å². The standard InChI is InChI=1S/C26H34N6O2/c1-17-12-18(2)32(27-17)23-8-9-24(33)31(28-23)16-25(34)30-11-5-6-19-13-20-14-21(26(19)30)15-29-10-4-3-7-22(20)29/h8-9,12-13,20-22,26H,3-7,10-11,14-16H2,1-2H3/t20-,21-,22+,26+/m1/s1. The molecule has 2 bridgehead atoms. The Morgan fingerprint density at radius 3 is 2.82 bits per heavy atom. The number of amides is 1. The zero-order chi connectivity index (χ0) is 23.4. The Labute approximate surface area is 200 Å². The summed E-state index contributed by atoms with van der Waals surface area (Å²) >= 11 is 0. The molecular formula is C26H34N6O2. The van der Waals surface area contributed by atoms with Crippen molar-refractivity contribution in [1.29, 1.82) is 0 Å². The third-order valence-corrected chi connectivity index (χ3v) is 8.34. The van der Waals surface area contributed by atoms with Crippen molar-refractivity contribution >= 4 is 5.91 Å². The van der Waals surface area contributed by atoms with Crippen LogP contribution in [0.25, 0.3) is 5.82 Å². The molecule has 2 aromatic rings. The fourth-order valence-electron chi connectivity index (χ4n) is 7.00. The van der Waals surface area contributed by atoms with E-state index in [4.69, 9.17) is 0 Å². The van der Waals surface area contributed by atoms with Crippen molar-refractivity contribution in [1.82, 2.24) is 29.4 Å². The molecule has 34 heavy (non-hydrogen) atoms. The minimum atomic E-state index is -0.260. The minimum absolute atomic E-state index is 0.00469. The molecule has 8 heteroatoms. The maximum Gasteiger partial charge on any atom is 0.267 e. The molecule has 3 aliphatic heterocycles. The number of carbonyl (C=O) groups is 1. The molecule has 1 amide bonds. The predicted molar refractivity (Wildman–Crippen MR) is 129 cm³/mol. The first-order valence-corrected chi connectivity index (χ1v) is 12.8. The van der Waals surface area contributed by atoms with Gasteiger partial charge in [-0.15, -0.1) is 5.10 Å². The van der Waals surface area contributed by atoms with Gasteiger partial charge >= 0.3 is 0 Å². The highest BCUT2D eigenvalue weighted by atomic mass is 16.2. The van der Waals surface area contributed by atoms with Gasteiger partial charge in [0.25, 0.3) is 5.56 Å². The van der Waals surface area contributed by atoms with E-state index in [1.165, 1.54) is 48.5 Å². The zero-order valence-electron chi connectivity index (χ0n) is 20.2. The van der Waals surface area contributed by atoms with Gasteiger partial charge in [0.1, 0.15) is 6.54 Å². The highest BCUT2D eigenvalue weighted by molar-refractivity contribution is 5.77. The molecule has 3 fully saturated rings. The number of piperidine rings is 3. The van der Waals surface area contributed by atoms with Gasteiger partial charge in [0.2, 0.25) is 5.91 Å². The molecule has 0 radical (unpaired) electrons. The summed E-state index contributed by atoms with van der Waals surface area (Å²) in [5.74, 6) is 1.69. The zero-order valence-corrected chi connectivity index (χ0v) is 20.2. The van der Waals surface area contributed by atoms with E-state index in [1.807, 2.05) is 19.9 Å². The van der Waals surface area contributed by atoms with Crippen molar-refractivity contribution in [2.75, 3.05) is 19.6 Å². The van der Waals surface area contributed by atoms with Crippen molar-refractivity contribution in [3.05, 3.63) is 51.6 Å². The molecule has 3 saturated heterocycles. The molecular weight excluding hydrogens is 428 g/mol. The van der Waals surface area contributed by atoms with Crippen LogP contribution in [0, 0.1) is 25.7 Å². The quantitative estimate of drug-likeness (QED) is 0.655. The van der Waals surface area contributed by atoms with E-state index in [0.717, 1.165) is 37.3 Å². The maximum absolute atomic E-state index is 13.6. The molecule has 5 heterocycles. The van der Waals surface area contributed by atoms with Crippen molar-refractivity contribution in [2.24, 2.45) is 11.8 Å². The summed E-state index contributed by atoms with van der Waals surface area (Å²) in [6.07, 6.45) is 9.75. The second kappa shape index (κ2) is 8.48. The predicted octanol–water partition coefficient (Wildman–Crippen LogP) is 2.47. The molecule has 0 aromatic carbocycles. The van der Waals surface area contributed by atoms with Gasteiger partial charge in [0.05, 0.1) is 11.7 Å². The van der Waals surface area contributed by atoms with E-state index in [0.29, 0.717) is 23.7 Å². The average molecular weight is 463 g/mol. The molecule has 0 spiro atoms. The maximum atomic E-state index is 13.6. The van der Waals surface area contributed by atoms with E-state index >= 15 is 0 Å². The van der Waals surface area contributed by atoms with Crippen LogP contribution in [0.15, 0.2) is 34.6 Å². The summed E-state index contributed by atoms with van der Waals surface area (Å²) in [5, 5.41) is 8.98. The fraction of sp³-hybridized carbons (Fsp3) is 0.615. The van der Waals surface area contributed by atoms with Crippen LogP contribution in [0.5, 0.6) is 0 Å². The third-order valence-electron chi connectivity index (χ3n) is 8.34. The largest absolute Gasteiger partial charge is 0.334 e. The van der Waals surface area contributed by atoms with Crippen molar-refractivity contribution < 1.29 is 4.79 Å². The SMILES string of the molecule is Cc1cc(C)n(-c2ccc(=O)n(CC(=O)N3CCCC4=C[C@@H]5C[C@H](CN6CCCC[C@@H]56)[C@H]43)n2)n1. The summed E-state index contributed by atoms with van der Waals surface area (Å²) < 4.78 is 3.02. The number of likely N-dealkylation sites (tertiary alicyclic amines) is 1. The number of nitrogens with zero attached hydrogens (tertiary/aromatic N) is 6. The number of fused-ring (bicyclic) bond motifs is 6. The fourth-order valence-corrected chi connectivity index (χ4v) is 7.00. The Morgan fingerprint density at radius 1 is 1.12 bits per heavy atom. The van der Waals surface area contributed by atoms with Crippen LogP contribution in [0.1, 0.15) is 49.9 Å². The summed E-state index contributed by atoms with van der Waals surface area (Å²) in [7, 11) is 0. The lowest BCUT2D eigenvalue weighted by atomic mass is 9.68. The molecule has 8 nitrogen and oxygen atoms in total. The first-order valence-electron chi connectivity index (χ1n) is 12.8. The van der Waals surface area contributed by atoms with Gasteiger partial charge in [0, 0.05) is 30.9 Å². The smallest absolute Gasteiger partial charge is 0.267 e. The molecule has 0 saturated carbocycles. The molecule has 180 valence electrons. The molecule has 0 N–H and O–H groups in total. The van der Waals surface area contributed by atoms with Crippen LogP contribution in [0.4, 0.5) is 0 Å². The lowest BCUT2D eigenvalue weighted by Gasteiger charge is -2.54. The summed E-state index contributed by atoms with van der Waals surface area (Å²) in [4.78, 5) is 31.0. The van der Waals surface area contributed by atoms with Crippen LogP contribution >= 0.6 is 0 Å². The van der Waals surface area contributed by atoms with Gasteiger partial charge in [0.15, 0.2) is 5.82 Å². The Balaban J connectivity index is 1.26. The molecule has 2 aromatic heterocycles. The van der Waals surface area contributed by atoms with Crippen LogP contribution < -0.4 is 5.56 Å². The van der Waals surface area contributed by atoms with Crippen LogP contribution in [0.2, 0.25) is 0 Å². The second-order valence-electron chi connectivity index (χ2n) is 10.6. The third kappa shape index (κ3) is 3.72. The van der Waals surface area contributed by atoms with Crippen molar-refractivity contribution in [3.8, 4) is 5.82 Å². The van der Waals surface area contributed by atoms with Crippen LogP contribution in [-0.4, -0.2) is 67.0 Å². The highest BCUT2D eigenvalue weighted by Crippen LogP contribution is 2.45. The van der Waals surface area contributed by atoms with Crippen molar-refractivity contribution in [2.45, 2.75) is 71.0 Å². The van der Waals surface area contributed by atoms with Crippen LogP contribution in [-0.2, 0) is 11.3 Å². The lowest BCUT2D eigenvalue weighted by Crippen LogP contribution is -2.60. The van der Waals surface area contributed by atoms with Crippen LogP contribution in [0.3, 0.4) is 0 Å². The van der Waals surface area contributed by atoms with E-state index in [1.54, 1.807) is 10.7 Å². The number of hydrogen-bond donors (Lipinski definition) is 0. The number of aryl methyl sites for hydroxylation is 2. The summed E-state index contributed by atoms with van der Waals surface area (Å²) in [6.45, 7) is 6.90. The molecule has 6 rings (SSSR count). The Hall–Kier alpha value is -2.74. The van der Waals surface area contributed by atoms with E-state index in [9.17, 15) is 9.59 Å². The van der Waals surface area contributed by atoms with Gasteiger partial charge in [-0.25, -0.2) is 9.36 Å². The Morgan fingerprint density at radius 2 is 2.00 bits per heavy atom.